The normalized spacial score (nSPS) is 17.3. The zero-order valence-corrected chi connectivity index (χ0v) is 14.3. The second-order valence-corrected chi connectivity index (χ2v) is 7.01. The minimum Gasteiger partial charge on any atom is -0.292 e. The molecule has 2 aromatic carbocycles. The molecule has 1 fully saturated rings. The summed E-state index contributed by atoms with van der Waals surface area (Å²) < 4.78 is 0. The van der Waals surface area contributed by atoms with Gasteiger partial charge >= 0.3 is 0 Å². The molecule has 122 valence electrons. The highest BCUT2D eigenvalue weighted by atomic mass is 15.2. The fourth-order valence-corrected chi connectivity index (χ4v) is 3.89. The van der Waals surface area contributed by atoms with Crippen molar-refractivity contribution in [3.63, 3.8) is 0 Å². The topological polar surface area (TPSA) is 3.24 Å². The minimum absolute atomic E-state index is 0.649. The van der Waals surface area contributed by atoms with Gasteiger partial charge in [0.15, 0.2) is 0 Å². The Kier molecular flexibility index (Phi) is 5.87. The monoisotopic (exact) mass is 307 g/mol. The zero-order valence-electron chi connectivity index (χ0n) is 14.3. The van der Waals surface area contributed by atoms with Crippen molar-refractivity contribution < 1.29 is 0 Å². The van der Waals surface area contributed by atoms with Crippen molar-refractivity contribution in [3.05, 3.63) is 71.8 Å². The van der Waals surface area contributed by atoms with Crippen LogP contribution in [0.1, 0.15) is 50.2 Å². The van der Waals surface area contributed by atoms with Crippen molar-refractivity contribution in [1.82, 2.24) is 4.90 Å². The van der Waals surface area contributed by atoms with Crippen LogP contribution in [0.5, 0.6) is 0 Å². The number of nitrogens with zero attached hydrogens (tertiary/aromatic N) is 1. The molecule has 3 rings (SSSR count). The molecule has 1 aliphatic carbocycles. The van der Waals surface area contributed by atoms with Gasteiger partial charge in [-0.05, 0) is 36.8 Å². The van der Waals surface area contributed by atoms with Gasteiger partial charge in [-0.15, -0.1) is 0 Å². The standard InChI is InChI=1S/C22H29N/c1-19(22-15-9-4-10-16-22)23(17-20-11-5-2-6-12-20)18-21-13-7-3-8-14-21/h2-3,5-8,11-14,19,22H,4,9-10,15-18H2,1H3. The summed E-state index contributed by atoms with van der Waals surface area (Å²) >= 11 is 0. The molecule has 1 heteroatoms. The van der Waals surface area contributed by atoms with Crippen LogP contribution in [-0.4, -0.2) is 10.9 Å². The maximum absolute atomic E-state index is 2.68. The lowest BCUT2D eigenvalue weighted by Gasteiger charge is -2.37. The molecule has 0 heterocycles. The van der Waals surface area contributed by atoms with Crippen molar-refractivity contribution in [3.8, 4) is 0 Å². The lowest BCUT2D eigenvalue weighted by Crippen LogP contribution is -2.38. The SMILES string of the molecule is CC(C1CCCCC1)N(Cc1ccccc1)Cc1ccccc1. The van der Waals surface area contributed by atoms with Gasteiger partial charge in [0, 0.05) is 19.1 Å². The summed E-state index contributed by atoms with van der Waals surface area (Å²) in [4.78, 5) is 2.68. The molecule has 0 bridgehead atoms. The first kappa shape index (κ1) is 16.3. The minimum atomic E-state index is 0.649. The van der Waals surface area contributed by atoms with Crippen LogP contribution in [-0.2, 0) is 13.1 Å². The first-order valence-electron chi connectivity index (χ1n) is 9.15. The molecular formula is C22H29N. The van der Waals surface area contributed by atoms with Gasteiger partial charge in [-0.3, -0.25) is 4.90 Å². The lowest BCUT2D eigenvalue weighted by molar-refractivity contribution is 0.115. The molecule has 1 nitrogen and oxygen atoms in total. The van der Waals surface area contributed by atoms with Gasteiger partial charge < -0.3 is 0 Å². The first-order chi connectivity index (χ1) is 11.3. The first-order valence-corrected chi connectivity index (χ1v) is 9.15. The molecule has 0 aliphatic heterocycles. The van der Waals surface area contributed by atoms with E-state index in [4.69, 9.17) is 0 Å². The van der Waals surface area contributed by atoms with Crippen LogP contribution >= 0.6 is 0 Å². The maximum Gasteiger partial charge on any atom is 0.0240 e. The summed E-state index contributed by atoms with van der Waals surface area (Å²) in [5.74, 6) is 0.858. The summed E-state index contributed by atoms with van der Waals surface area (Å²) in [7, 11) is 0. The van der Waals surface area contributed by atoms with Crippen LogP contribution in [0, 0.1) is 5.92 Å². The van der Waals surface area contributed by atoms with Crippen LogP contribution in [0.25, 0.3) is 0 Å². The Morgan fingerprint density at radius 1 is 0.783 bits per heavy atom. The number of hydrogen-bond acceptors (Lipinski definition) is 1. The molecule has 0 aromatic heterocycles. The summed E-state index contributed by atoms with van der Waals surface area (Å²) in [5.41, 5.74) is 2.84. The Hall–Kier alpha value is -1.60. The predicted molar refractivity (Wildman–Crippen MR) is 98.2 cm³/mol. The van der Waals surface area contributed by atoms with Gasteiger partial charge in [-0.2, -0.15) is 0 Å². The molecule has 0 saturated heterocycles. The molecule has 1 aliphatic rings. The third kappa shape index (κ3) is 4.68. The van der Waals surface area contributed by atoms with E-state index in [9.17, 15) is 0 Å². The fourth-order valence-electron chi connectivity index (χ4n) is 3.89. The van der Waals surface area contributed by atoms with E-state index in [0.29, 0.717) is 6.04 Å². The van der Waals surface area contributed by atoms with Gasteiger partial charge in [0.25, 0.3) is 0 Å². The highest BCUT2D eigenvalue weighted by Gasteiger charge is 2.25. The quantitative estimate of drug-likeness (QED) is 0.666. The van der Waals surface area contributed by atoms with E-state index in [1.165, 1.54) is 43.2 Å². The number of rotatable bonds is 6. The summed E-state index contributed by atoms with van der Waals surface area (Å²) in [6.45, 7) is 4.54. The Morgan fingerprint density at radius 3 is 1.74 bits per heavy atom. The van der Waals surface area contributed by atoms with Gasteiger partial charge in [0.1, 0.15) is 0 Å². The van der Waals surface area contributed by atoms with Crippen molar-refractivity contribution in [2.75, 3.05) is 0 Å². The highest BCUT2D eigenvalue weighted by Crippen LogP contribution is 2.30. The van der Waals surface area contributed by atoms with Crippen molar-refractivity contribution in [2.24, 2.45) is 5.92 Å². The van der Waals surface area contributed by atoms with E-state index in [1.54, 1.807) is 0 Å². The molecule has 0 spiro atoms. The summed E-state index contributed by atoms with van der Waals surface area (Å²) in [6, 6.07) is 22.5. The van der Waals surface area contributed by atoms with Crippen LogP contribution in [0.4, 0.5) is 0 Å². The second kappa shape index (κ2) is 8.31. The van der Waals surface area contributed by atoms with E-state index >= 15 is 0 Å². The summed E-state index contributed by atoms with van der Waals surface area (Å²) in [5, 5.41) is 0. The van der Waals surface area contributed by atoms with Crippen molar-refractivity contribution in [1.29, 1.82) is 0 Å². The molecule has 1 saturated carbocycles. The molecule has 0 amide bonds. The van der Waals surface area contributed by atoms with Crippen LogP contribution in [0.3, 0.4) is 0 Å². The third-order valence-electron chi connectivity index (χ3n) is 5.36. The molecule has 2 aromatic rings. The Morgan fingerprint density at radius 2 is 1.26 bits per heavy atom. The molecule has 1 atom stereocenters. The second-order valence-electron chi connectivity index (χ2n) is 7.01. The third-order valence-corrected chi connectivity index (χ3v) is 5.36. The summed E-state index contributed by atoms with van der Waals surface area (Å²) in [6.07, 6.45) is 7.07. The Balaban J connectivity index is 1.74. The van der Waals surface area contributed by atoms with Crippen LogP contribution < -0.4 is 0 Å². The van der Waals surface area contributed by atoms with E-state index in [-0.39, 0.29) is 0 Å². The number of benzene rings is 2. The maximum atomic E-state index is 2.68. The molecule has 0 N–H and O–H groups in total. The van der Waals surface area contributed by atoms with Crippen molar-refractivity contribution >= 4 is 0 Å². The van der Waals surface area contributed by atoms with Gasteiger partial charge in [0.05, 0.1) is 0 Å². The van der Waals surface area contributed by atoms with Crippen molar-refractivity contribution in [2.45, 2.75) is 58.2 Å². The van der Waals surface area contributed by atoms with Gasteiger partial charge in [0.2, 0.25) is 0 Å². The fraction of sp³-hybridized carbons (Fsp3) is 0.455. The smallest absolute Gasteiger partial charge is 0.0240 e. The molecular weight excluding hydrogens is 278 g/mol. The molecule has 23 heavy (non-hydrogen) atoms. The van der Waals surface area contributed by atoms with E-state index in [2.05, 4.69) is 72.5 Å². The average molecular weight is 307 g/mol. The molecule has 0 radical (unpaired) electrons. The van der Waals surface area contributed by atoms with Crippen LogP contribution in [0.15, 0.2) is 60.7 Å². The number of hydrogen-bond donors (Lipinski definition) is 0. The lowest BCUT2D eigenvalue weighted by atomic mass is 9.83. The van der Waals surface area contributed by atoms with Crippen LogP contribution in [0.2, 0.25) is 0 Å². The average Bonchev–Trinajstić information content (AvgIpc) is 2.63. The Labute approximate surface area is 141 Å². The highest BCUT2D eigenvalue weighted by molar-refractivity contribution is 5.17. The van der Waals surface area contributed by atoms with E-state index in [0.717, 1.165) is 19.0 Å². The Bertz CT molecular complexity index is 516. The van der Waals surface area contributed by atoms with E-state index in [1.807, 2.05) is 0 Å². The zero-order chi connectivity index (χ0) is 15.9. The van der Waals surface area contributed by atoms with Gasteiger partial charge in [-0.25, -0.2) is 0 Å². The van der Waals surface area contributed by atoms with E-state index < -0.39 is 0 Å². The predicted octanol–water partition coefficient (Wildman–Crippen LogP) is 5.66. The van der Waals surface area contributed by atoms with Gasteiger partial charge in [-0.1, -0.05) is 79.9 Å². The molecule has 1 unspecified atom stereocenters. The largest absolute Gasteiger partial charge is 0.292 e.